The third kappa shape index (κ3) is 4.33. The van der Waals surface area contributed by atoms with Crippen molar-refractivity contribution in [3.63, 3.8) is 0 Å². The Kier molecular flexibility index (Phi) is 6.15. The molecule has 20 heavy (non-hydrogen) atoms. The molecule has 0 aromatic rings. The van der Waals surface area contributed by atoms with Gasteiger partial charge in [0.15, 0.2) is 0 Å². The zero-order valence-corrected chi connectivity index (χ0v) is 14.1. The summed E-state index contributed by atoms with van der Waals surface area (Å²) in [5.74, 6) is 1.58. The number of ether oxygens (including phenoxy) is 1. The molecular formula is C16H31ClN2O. The first-order valence-corrected chi connectivity index (χ1v) is 8.75. The van der Waals surface area contributed by atoms with E-state index in [1.807, 2.05) is 0 Å². The van der Waals surface area contributed by atoms with Gasteiger partial charge in [-0.05, 0) is 45.4 Å². The number of morpholine rings is 1. The highest BCUT2D eigenvalue weighted by atomic mass is 35.5. The van der Waals surface area contributed by atoms with Gasteiger partial charge in [0.1, 0.15) is 0 Å². The number of hydrogen-bond acceptors (Lipinski definition) is 3. The van der Waals surface area contributed by atoms with Gasteiger partial charge in [-0.25, -0.2) is 0 Å². The van der Waals surface area contributed by atoms with Crippen LogP contribution in [0.5, 0.6) is 0 Å². The zero-order chi connectivity index (χ0) is 14.6. The predicted molar refractivity (Wildman–Crippen MR) is 85.5 cm³/mol. The zero-order valence-electron chi connectivity index (χ0n) is 13.3. The Morgan fingerprint density at radius 3 is 2.65 bits per heavy atom. The maximum absolute atomic E-state index is 6.27. The van der Waals surface area contributed by atoms with Crippen LogP contribution in [0.25, 0.3) is 0 Å². The van der Waals surface area contributed by atoms with Crippen molar-refractivity contribution < 1.29 is 4.74 Å². The second kappa shape index (κ2) is 7.44. The number of rotatable bonds is 5. The molecule has 1 N–H and O–H groups in total. The summed E-state index contributed by atoms with van der Waals surface area (Å²) in [5, 5.41) is 3.75. The average Bonchev–Trinajstić information content (AvgIpc) is 2.47. The van der Waals surface area contributed by atoms with E-state index in [2.05, 4.69) is 31.0 Å². The molecule has 1 atom stereocenters. The molecule has 1 aliphatic carbocycles. The molecule has 0 aromatic carbocycles. The van der Waals surface area contributed by atoms with Gasteiger partial charge >= 0.3 is 0 Å². The van der Waals surface area contributed by atoms with Crippen LogP contribution in [-0.4, -0.2) is 54.7 Å². The summed E-state index contributed by atoms with van der Waals surface area (Å²) in [4.78, 5) is 2.51. The molecule has 0 spiro atoms. The molecule has 1 unspecified atom stereocenters. The Bertz CT molecular complexity index is 290. The van der Waals surface area contributed by atoms with Gasteiger partial charge in [-0.1, -0.05) is 6.92 Å². The molecule has 0 bridgehead atoms. The number of nitrogens with one attached hydrogen (secondary N) is 1. The van der Waals surface area contributed by atoms with Gasteiger partial charge in [-0.3, -0.25) is 4.90 Å². The van der Waals surface area contributed by atoms with E-state index in [0.29, 0.717) is 12.1 Å². The van der Waals surface area contributed by atoms with Gasteiger partial charge < -0.3 is 10.1 Å². The fraction of sp³-hybridized carbons (Fsp3) is 1.00. The van der Waals surface area contributed by atoms with E-state index in [1.54, 1.807) is 0 Å². The Labute approximate surface area is 129 Å². The SMILES string of the molecule is CC1CCC(CCl)(NCC2CN(C(C)C)CCO2)CC1. The molecule has 3 nitrogen and oxygen atoms in total. The fourth-order valence-electron chi connectivity index (χ4n) is 3.34. The Morgan fingerprint density at radius 1 is 1.35 bits per heavy atom. The lowest BCUT2D eigenvalue weighted by Crippen LogP contribution is -2.55. The number of alkyl halides is 1. The largest absolute Gasteiger partial charge is 0.374 e. The molecule has 1 heterocycles. The van der Waals surface area contributed by atoms with Crippen molar-refractivity contribution in [2.75, 3.05) is 32.1 Å². The smallest absolute Gasteiger partial charge is 0.0827 e. The summed E-state index contributed by atoms with van der Waals surface area (Å²) in [7, 11) is 0. The molecule has 0 radical (unpaired) electrons. The van der Waals surface area contributed by atoms with E-state index in [0.717, 1.165) is 38.0 Å². The minimum atomic E-state index is 0.150. The quantitative estimate of drug-likeness (QED) is 0.790. The van der Waals surface area contributed by atoms with Gasteiger partial charge in [0.05, 0.1) is 12.7 Å². The maximum atomic E-state index is 6.27. The van der Waals surface area contributed by atoms with E-state index in [1.165, 1.54) is 25.7 Å². The Hall–Kier alpha value is 0.170. The van der Waals surface area contributed by atoms with Crippen LogP contribution in [0.1, 0.15) is 46.5 Å². The Balaban J connectivity index is 1.81. The van der Waals surface area contributed by atoms with Crippen LogP contribution < -0.4 is 5.32 Å². The maximum Gasteiger partial charge on any atom is 0.0827 e. The van der Waals surface area contributed by atoms with Crippen LogP contribution in [-0.2, 0) is 4.74 Å². The molecular weight excluding hydrogens is 272 g/mol. The van der Waals surface area contributed by atoms with Crippen LogP contribution in [0.4, 0.5) is 0 Å². The molecule has 0 aromatic heterocycles. The molecule has 1 saturated heterocycles. The summed E-state index contributed by atoms with van der Waals surface area (Å²) in [6.07, 6.45) is 5.31. The van der Waals surface area contributed by atoms with E-state index in [4.69, 9.17) is 16.3 Å². The first-order valence-electron chi connectivity index (χ1n) is 8.21. The highest BCUT2D eigenvalue weighted by Gasteiger charge is 2.34. The molecule has 2 fully saturated rings. The predicted octanol–water partition coefficient (Wildman–Crippen LogP) is 2.87. The Morgan fingerprint density at radius 2 is 2.05 bits per heavy atom. The van der Waals surface area contributed by atoms with Crippen molar-refractivity contribution in [2.24, 2.45) is 5.92 Å². The van der Waals surface area contributed by atoms with Crippen molar-refractivity contribution in [3.8, 4) is 0 Å². The monoisotopic (exact) mass is 302 g/mol. The first kappa shape index (κ1) is 16.5. The first-order chi connectivity index (χ1) is 9.54. The van der Waals surface area contributed by atoms with E-state index < -0.39 is 0 Å². The van der Waals surface area contributed by atoms with E-state index >= 15 is 0 Å². The lowest BCUT2D eigenvalue weighted by atomic mass is 9.78. The minimum absolute atomic E-state index is 0.150. The highest BCUT2D eigenvalue weighted by molar-refractivity contribution is 6.18. The number of halogens is 1. The van der Waals surface area contributed by atoms with Gasteiger partial charge in [0.2, 0.25) is 0 Å². The molecule has 1 aliphatic heterocycles. The summed E-state index contributed by atoms with van der Waals surface area (Å²) >= 11 is 6.27. The second-order valence-electron chi connectivity index (χ2n) is 7.06. The molecule has 4 heteroatoms. The highest BCUT2D eigenvalue weighted by Crippen LogP contribution is 2.32. The van der Waals surface area contributed by atoms with Crippen molar-refractivity contribution in [1.29, 1.82) is 0 Å². The van der Waals surface area contributed by atoms with Gasteiger partial charge in [0, 0.05) is 37.1 Å². The van der Waals surface area contributed by atoms with Crippen LogP contribution in [0, 0.1) is 5.92 Å². The van der Waals surface area contributed by atoms with Crippen molar-refractivity contribution in [2.45, 2.75) is 64.1 Å². The van der Waals surface area contributed by atoms with Gasteiger partial charge in [-0.15, -0.1) is 11.6 Å². The van der Waals surface area contributed by atoms with Crippen molar-refractivity contribution >= 4 is 11.6 Å². The summed E-state index contributed by atoms with van der Waals surface area (Å²) in [6.45, 7) is 10.8. The van der Waals surface area contributed by atoms with Crippen molar-refractivity contribution in [3.05, 3.63) is 0 Å². The average molecular weight is 303 g/mol. The molecule has 0 amide bonds. The summed E-state index contributed by atoms with van der Waals surface area (Å²) < 4.78 is 5.91. The molecule has 118 valence electrons. The third-order valence-corrected chi connectivity index (χ3v) is 5.60. The minimum Gasteiger partial charge on any atom is -0.374 e. The normalized spacial score (nSPS) is 36.5. The number of nitrogens with zero attached hydrogens (tertiary/aromatic N) is 1. The molecule has 2 rings (SSSR count). The summed E-state index contributed by atoms with van der Waals surface area (Å²) in [5.41, 5.74) is 0.150. The van der Waals surface area contributed by atoms with Crippen molar-refractivity contribution in [1.82, 2.24) is 10.2 Å². The number of hydrogen-bond donors (Lipinski definition) is 1. The summed E-state index contributed by atoms with van der Waals surface area (Å²) in [6, 6.07) is 0.610. The molecule has 1 saturated carbocycles. The second-order valence-corrected chi connectivity index (χ2v) is 7.33. The standard InChI is InChI=1S/C16H31ClN2O/c1-13(2)19-8-9-20-15(11-19)10-18-16(12-17)6-4-14(3)5-7-16/h13-15,18H,4-12H2,1-3H3. The third-order valence-electron chi connectivity index (χ3n) is 5.09. The fourth-order valence-corrected chi connectivity index (χ4v) is 3.70. The van der Waals surface area contributed by atoms with Gasteiger partial charge in [0.25, 0.3) is 0 Å². The van der Waals surface area contributed by atoms with Gasteiger partial charge in [-0.2, -0.15) is 0 Å². The van der Waals surface area contributed by atoms with E-state index in [-0.39, 0.29) is 5.54 Å². The lowest BCUT2D eigenvalue weighted by Gasteiger charge is -2.41. The van der Waals surface area contributed by atoms with Crippen LogP contribution >= 0.6 is 11.6 Å². The van der Waals surface area contributed by atoms with Crippen LogP contribution in [0.15, 0.2) is 0 Å². The topological polar surface area (TPSA) is 24.5 Å². The van der Waals surface area contributed by atoms with Crippen LogP contribution in [0.2, 0.25) is 0 Å². The van der Waals surface area contributed by atoms with E-state index in [9.17, 15) is 0 Å². The lowest BCUT2D eigenvalue weighted by molar-refractivity contribution is -0.0408. The molecule has 2 aliphatic rings. The van der Waals surface area contributed by atoms with Crippen LogP contribution in [0.3, 0.4) is 0 Å².